The largest absolute Gasteiger partial charge is 0.484 e. The lowest BCUT2D eigenvalue weighted by Gasteiger charge is -2.19. The SMILES string of the molecule is CC(C)(C)c1ccc(OCC(=O)NNC(=S)NC(=O)COc2ccc(OCC(=O)NC(=S)NNC(=O)COc3ccc(C(C)(C)C)cc3)cc2)cc1. The Labute approximate surface area is 313 Å². The van der Waals surface area contributed by atoms with Crippen molar-refractivity contribution in [3.05, 3.63) is 83.9 Å². The fraction of sp³-hybridized carbons (Fsp3) is 0.333. The van der Waals surface area contributed by atoms with Gasteiger partial charge in [0.1, 0.15) is 23.0 Å². The van der Waals surface area contributed by atoms with Gasteiger partial charge in [-0.25, -0.2) is 0 Å². The zero-order valence-corrected chi connectivity index (χ0v) is 31.5. The molecule has 4 amide bonds. The molecule has 0 atom stereocenters. The minimum atomic E-state index is -0.571. The predicted molar refractivity (Wildman–Crippen MR) is 203 cm³/mol. The Bertz CT molecular complexity index is 1580. The molecule has 14 nitrogen and oxygen atoms in total. The van der Waals surface area contributed by atoms with Crippen molar-refractivity contribution in [1.82, 2.24) is 32.3 Å². The summed E-state index contributed by atoms with van der Waals surface area (Å²) in [6.07, 6.45) is 0. The summed E-state index contributed by atoms with van der Waals surface area (Å²) in [7, 11) is 0. The van der Waals surface area contributed by atoms with Crippen LogP contribution in [0.1, 0.15) is 52.7 Å². The van der Waals surface area contributed by atoms with Crippen LogP contribution in [0.15, 0.2) is 72.8 Å². The topological polar surface area (TPSA) is 177 Å². The van der Waals surface area contributed by atoms with Gasteiger partial charge in [-0.1, -0.05) is 65.8 Å². The first-order chi connectivity index (χ1) is 24.5. The summed E-state index contributed by atoms with van der Waals surface area (Å²) in [5, 5.41) is 4.49. The molecular formula is C36H44N6O8S2. The molecule has 0 saturated heterocycles. The summed E-state index contributed by atoms with van der Waals surface area (Å²) in [5.74, 6) is -0.376. The number of rotatable bonds is 12. The van der Waals surface area contributed by atoms with E-state index >= 15 is 0 Å². The van der Waals surface area contributed by atoms with Crippen molar-refractivity contribution >= 4 is 58.3 Å². The Kier molecular flexibility index (Phi) is 15.1. The van der Waals surface area contributed by atoms with E-state index in [4.69, 9.17) is 43.4 Å². The lowest BCUT2D eigenvalue weighted by molar-refractivity contribution is -0.124. The van der Waals surface area contributed by atoms with E-state index in [1.165, 1.54) is 24.3 Å². The van der Waals surface area contributed by atoms with E-state index in [-0.39, 0.29) is 47.5 Å². The van der Waals surface area contributed by atoms with Crippen LogP contribution in [-0.4, -0.2) is 60.3 Å². The summed E-state index contributed by atoms with van der Waals surface area (Å²) in [4.78, 5) is 48.6. The number of hydrazine groups is 2. The van der Waals surface area contributed by atoms with Gasteiger partial charge in [-0.15, -0.1) is 0 Å². The molecule has 0 unspecified atom stereocenters. The third kappa shape index (κ3) is 15.2. The first kappa shape index (κ1) is 40.9. The van der Waals surface area contributed by atoms with Gasteiger partial charge in [0, 0.05) is 0 Å². The number of ether oxygens (including phenoxy) is 4. The molecule has 3 aromatic rings. The average Bonchev–Trinajstić information content (AvgIpc) is 3.09. The van der Waals surface area contributed by atoms with Crippen LogP contribution in [-0.2, 0) is 30.0 Å². The number of carbonyl (C=O) groups is 4. The Hall–Kier alpha value is -5.48. The normalized spacial score (nSPS) is 10.9. The number of nitrogens with one attached hydrogen (secondary N) is 6. The van der Waals surface area contributed by atoms with Gasteiger partial charge in [0.15, 0.2) is 36.7 Å². The maximum Gasteiger partial charge on any atom is 0.276 e. The highest BCUT2D eigenvalue weighted by atomic mass is 32.1. The van der Waals surface area contributed by atoms with Crippen molar-refractivity contribution in [3.63, 3.8) is 0 Å². The molecule has 16 heteroatoms. The van der Waals surface area contributed by atoms with Crippen molar-refractivity contribution < 1.29 is 38.1 Å². The lowest BCUT2D eigenvalue weighted by atomic mass is 9.87. The number of carbonyl (C=O) groups excluding carboxylic acids is 4. The molecule has 0 heterocycles. The molecule has 0 bridgehead atoms. The summed E-state index contributed by atoms with van der Waals surface area (Å²) in [6, 6.07) is 21.1. The number of hydrogen-bond acceptors (Lipinski definition) is 10. The average molecular weight is 753 g/mol. The van der Waals surface area contributed by atoms with E-state index in [2.05, 4.69) is 73.9 Å². The van der Waals surface area contributed by atoms with Crippen molar-refractivity contribution in [2.45, 2.75) is 52.4 Å². The van der Waals surface area contributed by atoms with Gasteiger partial charge in [-0.3, -0.25) is 51.5 Å². The Morgan fingerprint density at radius 1 is 0.442 bits per heavy atom. The molecule has 0 radical (unpaired) electrons. The fourth-order valence-electron chi connectivity index (χ4n) is 4.04. The van der Waals surface area contributed by atoms with E-state index in [1.807, 2.05) is 24.3 Å². The Morgan fingerprint density at radius 2 is 0.692 bits per heavy atom. The second-order valence-corrected chi connectivity index (χ2v) is 14.1. The van der Waals surface area contributed by atoms with Crippen LogP contribution in [0, 0.1) is 0 Å². The molecule has 52 heavy (non-hydrogen) atoms. The van der Waals surface area contributed by atoms with E-state index in [1.54, 1.807) is 24.3 Å². The van der Waals surface area contributed by atoms with Crippen molar-refractivity contribution in [1.29, 1.82) is 0 Å². The Morgan fingerprint density at radius 3 is 0.962 bits per heavy atom. The molecule has 3 aromatic carbocycles. The van der Waals surface area contributed by atoms with Crippen molar-refractivity contribution in [2.75, 3.05) is 26.4 Å². The maximum atomic E-state index is 12.2. The number of thiocarbonyl (C=S) groups is 2. The summed E-state index contributed by atoms with van der Waals surface area (Å²) < 4.78 is 21.8. The molecule has 6 N–H and O–H groups in total. The number of hydrogen-bond donors (Lipinski definition) is 6. The third-order valence-corrected chi connectivity index (χ3v) is 7.29. The first-order valence-electron chi connectivity index (χ1n) is 16.1. The summed E-state index contributed by atoms with van der Waals surface area (Å²) in [6.45, 7) is 11.4. The molecule has 0 aliphatic heterocycles. The quantitative estimate of drug-likeness (QED) is 0.118. The molecule has 0 aliphatic rings. The Balaban J connectivity index is 1.25. The van der Waals surface area contributed by atoms with Gasteiger partial charge < -0.3 is 18.9 Å². The van der Waals surface area contributed by atoms with Crippen LogP contribution in [0.5, 0.6) is 23.0 Å². The highest BCUT2D eigenvalue weighted by Crippen LogP contribution is 2.25. The van der Waals surface area contributed by atoms with Gasteiger partial charge in [-0.05, 0) is 94.9 Å². The second kappa shape index (κ2) is 19.2. The van der Waals surface area contributed by atoms with Crippen LogP contribution in [0.2, 0.25) is 0 Å². The second-order valence-electron chi connectivity index (χ2n) is 13.3. The van der Waals surface area contributed by atoms with E-state index in [0.717, 1.165) is 11.1 Å². The van der Waals surface area contributed by atoms with Crippen molar-refractivity contribution in [3.8, 4) is 23.0 Å². The smallest absolute Gasteiger partial charge is 0.276 e. The monoisotopic (exact) mass is 752 g/mol. The fourth-order valence-corrected chi connectivity index (χ4v) is 4.37. The first-order valence-corrected chi connectivity index (χ1v) is 16.9. The highest BCUT2D eigenvalue weighted by Gasteiger charge is 2.15. The van der Waals surface area contributed by atoms with Crippen LogP contribution in [0.4, 0.5) is 0 Å². The summed E-state index contributed by atoms with van der Waals surface area (Å²) >= 11 is 10.1. The van der Waals surface area contributed by atoms with Gasteiger partial charge in [-0.2, -0.15) is 0 Å². The maximum absolute atomic E-state index is 12.2. The van der Waals surface area contributed by atoms with Crippen LogP contribution in [0.3, 0.4) is 0 Å². The van der Waals surface area contributed by atoms with Crippen molar-refractivity contribution in [2.24, 2.45) is 0 Å². The number of benzene rings is 3. The van der Waals surface area contributed by atoms with Gasteiger partial charge in [0.25, 0.3) is 23.6 Å². The van der Waals surface area contributed by atoms with E-state index in [9.17, 15) is 19.2 Å². The molecule has 278 valence electrons. The van der Waals surface area contributed by atoms with E-state index < -0.39 is 23.6 Å². The minimum absolute atomic E-state index is 0.00330. The lowest BCUT2D eigenvalue weighted by Crippen LogP contribution is -2.50. The van der Waals surface area contributed by atoms with Gasteiger partial charge >= 0.3 is 0 Å². The van der Waals surface area contributed by atoms with E-state index in [0.29, 0.717) is 23.0 Å². The molecule has 0 saturated carbocycles. The molecule has 0 aromatic heterocycles. The van der Waals surface area contributed by atoms with Gasteiger partial charge in [0.05, 0.1) is 0 Å². The summed E-state index contributed by atoms with van der Waals surface area (Å²) in [5.41, 5.74) is 11.8. The molecule has 0 spiro atoms. The minimum Gasteiger partial charge on any atom is -0.484 e. The van der Waals surface area contributed by atoms with Crippen LogP contribution < -0.4 is 51.3 Å². The van der Waals surface area contributed by atoms with Gasteiger partial charge in [0.2, 0.25) is 0 Å². The standard InChI is InChI=1S/C36H44N6O8S2/c1-35(2,3)23-7-11-25(12-8-23)49-21-31(45)39-41-33(51)37-29(43)19-47-27-15-17-28(18-16-27)48-20-30(44)38-34(52)42-40-32(46)22-50-26-13-9-24(10-14-26)36(4,5)6/h7-18H,19-22H2,1-6H3,(H,39,45)(H,40,46)(H2,37,41,43,51)(H2,38,42,44,52). The molecule has 3 rings (SSSR count). The van der Waals surface area contributed by atoms with Crippen LogP contribution in [0.25, 0.3) is 0 Å². The number of amides is 4. The third-order valence-electron chi connectivity index (χ3n) is 6.88. The molecule has 0 fully saturated rings. The highest BCUT2D eigenvalue weighted by molar-refractivity contribution is 7.80. The zero-order chi connectivity index (χ0) is 38.3. The van der Waals surface area contributed by atoms with Crippen LogP contribution >= 0.6 is 24.4 Å². The zero-order valence-electron chi connectivity index (χ0n) is 29.8. The predicted octanol–water partition coefficient (Wildman–Crippen LogP) is 3.24. The molecular weight excluding hydrogens is 709 g/mol. The molecule has 0 aliphatic carbocycles.